The molecule has 0 saturated carbocycles. The molecule has 2 heterocycles. The predicted octanol–water partition coefficient (Wildman–Crippen LogP) is 4.37. The van der Waals surface area contributed by atoms with Gasteiger partial charge < -0.3 is 24.0 Å². The second kappa shape index (κ2) is 10.4. The lowest BCUT2D eigenvalue weighted by Gasteiger charge is -2.35. The number of fused-ring (bicyclic) bond motifs is 1. The van der Waals surface area contributed by atoms with E-state index in [0.29, 0.717) is 23.0 Å². The predicted molar refractivity (Wildman–Crippen MR) is 142 cm³/mol. The molecule has 0 spiro atoms. The van der Waals surface area contributed by atoms with Crippen molar-refractivity contribution in [3.63, 3.8) is 0 Å². The van der Waals surface area contributed by atoms with E-state index in [2.05, 4.69) is 0 Å². The Balaban J connectivity index is 1.56. The van der Waals surface area contributed by atoms with Crippen molar-refractivity contribution in [2.75, 3.05) is 14.2 Å². The number of rotatable bonds is 7. The number of aliphatic carboxylic acids is 1. The number of aromatic nitrogens is 2. The number of hydrogen-bond donors (Lipinski definition) is 1. The summed E-state index contributed by atoms with van der Waals surface area (Å²) >= 11 is 0. The minimum Gasteiger partial charge on any atom is -0.493 e. The summed E-state index contributed by atoms with van der Waals surface area (Å²) in [6, 6.07) is 23.4. The van der Waals surface area contributed by atoms with Gasteiger partial charge in [-0.05, 0) is 30.2 Å². The second-order valence-electron chi connectivity index (χ2n) is 9.21. The third-order valence-corrected chi connectivity index (χ3v) is 7.01. The Morgan fingerprint density at radius 2 is 1.53 bits per heavy atom. The summed E-state index contributed by atoms with van der Waals surface area (Å²) in [5.41, 5.74) is 3.85. The molecule has 0 bridgehead atoms. The summed E-state index contributed by atoms with van der Waals surface area (Å²) in [5, 5.41) is 10.3. The van der Waals surface area contributed by atoms with Crippen LogP contribution < -0.4 is 9.47 Å². The van der Waals surface area contributed by atoms with Gasteiger partial charge in [-0.3, -0.25) is 4.79 Å². The number of imidazole rings is 1. The van der Waals surface area contributed by atoms with Crippen LogP contribution in [0.25, 0.3) is 5.69 Å². The van der Waals surface area contributed by atoms with Crippen molar-refractivity contribution in [2.24, 2.45) is 0 Å². The van der Waals surface area contributed by atoms with Crippen molar-refractivity contribution < 1.29 is 24.2 Å². The minimum absolute atomic E-state index is 0.0996. The molecule has 0 saturated heterocycles. The largest absolute Gasteiger partial charge is 0.493 e. The van der Waals surface area contributed by atoms with Gasteiger partial charge in [-0.25, -0.2) is 9.78 Å². The van der Waals surface area contributed by atoms with Crippen LogP contribution >= 0.6 is 0 Å². The molecule has 0 aliphatic carbocycles. The van der Waals surface area contributed by atoms with E-state index in [4.69, 9.17) is 14.5 Å². The average Bonchev–Trinajstić information content (AvgIpc) is 3.27. The molecule has 5 rings (SSSR count). The molecule has 1 N–H and O–H groups in total. The van der Waals surface area contributed by atoms with Crippen LogP contribution in [0.3, 0.4) is 0 Å². The molecule has 1 unspecified atom stereocenters. The van der Waals surface area contributed by atoms with E-state index in [1.807, 2.05) is 84.3 Å². The molecule has 1 atom stereocenters. The number of amides is 1. The van der Waals surface area contributed by atoms with Crippen molar-refractivity contribution in [2.45, 2.75) is 31.8 Å². The SMILES string of the molecule is COc1ccc(-n2c(C)nc3c2CC(C(=O)O)N(C(=O)C(c2ccccc2)c2ccccc2)C3)cc1OC. The first-order valence-electron chi connectivity index (χ1n) is 12.4. The van der Waals surface area contributed by atoms with Gasteiger partial charge in [0, 0.05) is 12.5 Å². The first kappa shape index (κ1) is 25.1. The van der Waals surface area contributed by atoms with Gasteiger partial charge in [-0.15, -0.1) is 0 Å². The van der Waals surface area contributed by atoms with Crippen LogP contribution in [0.1, 0.15) is 34.3 Å². The van der Waals surface area contributed by atoms with Gasteiger partial charge in [0.15, 0.2) is 11.5 Å². The Hall–Kier alpha value is -4.59. The summed E-state index contributed by atoms with van der Waals surface area (Å²) in [7, 11) is 3.14. The lowest BCUT2D eigenvalue weighted by atomic mass is 9.88. The highest BCUT2D eigenvalue weighted by atomic mass is 16.5. The normalized spacial score (nSPS) is 14.7. The van der Waals surface area contributed by atoms with Crippen LogP contribution in [-0.2, 0) is 22.6 Å². The number of methoxy groups -OCH3 is 2. The summed E-state index contributed by atoms with van der Waals surface area (Å²) in [4.78, 5) is 32.9. The molecule has 194 valence electrons. The van der Waals surface area contributed by atoms with E-state index in [1.165, 1.54) is 4.90 Å². The van der Waals surface area contributed by atoms with Gasteiger partial charge >= 0.3 is 5.97 Å². The maximum Gasteiger partial charge on any atom is 0.326 e. The summed E-state index contributed by atoms with van der Waals surface area (Å²) < 4.78 is 12.8. The number of ether oxygens (including phenoxy) is 2. The first-order valence-corrected chi connectivity index (χ1v) is 12.4. The molecule has 3 aromatic carbocycles. The molecule has 1 amide bonds. The number of carbonyl (C=O) groups excluding carboxylic acids is 1. The van der Waals surface area contributed by atoms with E-state index < -0.39 is 17.9 Å². The van der Waals surface area contributed by atoms with Crippen molar-refractivity contribution in [3.8, 4) is 17.2 Å². The third kappa shape index (κ3) is 4.49. The van der Waals surface area contributed by atoms with Gasteiger partial charge in [-0.2, -0.15) is 0 Å². The van der Waals surface area contributed by atoms with Crippen molar-refractivity contribution in [3.05, 3.63) is 107 Å². The second-order valence-corrected chi connectivity index (χ2v) is 9.21. The molecule has 1 aliphatic heterocycles. The van der Waals surface area contributed by atoms with E-state index in [-0.39, 0.29) is 18.9 Å². The highest BCUT2D eigenvalue weighted by Gasteiger charge is 2.40. The molecule has 0 radical (unpaired) electrons. The highest BCUT2D eigenvalue weighted by Crippen LogP contribution is 2.35. The minimum atomic E-state index is -1.05. The summed E-state index contributed by atoms with van der Waals surface area (Å²) in [6.45, 7) is 1.97. The maximum absolute atomic E-state index is 14.1. The van der Waals surface area contributed by atoms with Crippen LogP contribution in [0, 0.1) is 6.92 Å². The first-order chi connectivity index (χ1) is 18.4. The van der Waals surface area contributed by atoms with Crippen molar-refractivity contribution >= 4 is 11.9 Å². The zero-order chi connectivity index (χ0) is 26.8. The molecule has 1 aliphatic rings. The molecular formula is C30H29N3O5. The zero-order valence-electron chi connectivity index (χ0n) is 21.5. The van der Waals surface area contributed by atoms with Crippen LogP contribution in [-0.4, -0.2) is 51.7 Å². The highest BCUT2D eigenvalue weighted by molar-refractivity contribution is 5.91. The van der Waals surface area contributed by atoms with Crippen LogP contribution in [0.4, 0.5) is 0 Å². The van der Waals surface area contributed by atoms with Crippen molar-refractivity contribution in [1.82, 2.24) is 14.5 Å². The lowest BCUT2D eigenvalue weighted by molar-refractivity contribution is -0.151. The third-order valence-electron chi connectivity index (χ3n) is 7.01. The standard InChI is InChI=1S/C30H29N3O5/c1-19-31-23-18-32(29(34)28(20-10-6-4-7-11-20)21-12-8-5-9-13-21)25(30(35)36)17-24(23)33(19)22-14-15-26(37-2)27(16-22)38-3/h4-16,25,28H,17-18H2,1-3H3,(H,35,36). The smallest absolute Gasteiger partial charge is 0.326 e. The molecule has 8 nitrogen and oxygen atoms in total. The number of benzene rings is 3. The van der Waals surface area contributed by atoms with Gasteiger partial charge in [0.1, 0.15) is 11.9 Å². The maximum atomic E-state index is 14.1. The van der Waals surface area contributed by atoms with E-state index >= 15 is 0 Å². The fourth-order valence-electron chi connectivity index (χ4n) is 5.23. The Morgan fingerprint density at radius 3 is 2.08 bits per heavy atom. The number of hydrogen-bond acceptors (Lipinski definition) is 5. The Bertz CT molecular complexity index is 1430. The van der Waals surface area contributed by atoms with Crippen LogP contribution in [0.5, 0.6) is 11.5 Å². The molecular weight excluding hydrogens is 482 g/mol. The Morgan fingerprint density at radius 1 is 0.921 bits per heavy atom. The number of aryl methyl sites for hydroxylation is 1. The lowest BCUT2D eigenvalue weighted by Crippen LogP contribution is -2.50. The quantitative estimate of drug-likeness (QED) is 0.396. The van der Waals surface area contributed by atoms with Gasteiger partial charge in [-0.1, -0.05) is 60.7 Å². The van der Waals surface area contributed by atoms with Gasteiger partial charge in [0.2, 0.25) is 5.91 Å². The molecule has 8 heteroatoms. The van der Waals surface area contributed by atoms with E-state index in [1.54, 1.807) is 20.3 Å². The fraction of sp³-hybridized carbons (Fsp3) is 0.233. The van der Waals surface area contributed by atoms with Crippen molar-refractivity contribution in [1.29, 1.82) is 0 Å². The Kier molecular flexibility index (Phi) is 6.87. The van der Waals surface area contributed by atoms with E-state index in [9.17, 15) is 14.7 Å². The topological polar surface area (TPSA) is 93.9 Å². The number of carboxylic acids is 1. The van der Waals surface area contributed by atoms with E-state index in [0.717, 1.165) is 22.5 Å². The van der Waals surface area contributed by atoms with Crippen LogP contribution in [0.15, 0.2) is 78.9 Å². The number of carbonyl (C=O) groups is 2. The summed E-state index contributed by atoms with van der Waals surface area (Å²) in [5.74, 6) is -0.0998. The molecule has 0 fully saturated rings. The monoisotopic (exact) mass is 511 g/mol. The number of nitrogens with zero attached hydrogens (tertiary/aromatic N) is 3. The molecule has 1 aromatic heterocycles. The van der Waals surface area contributed by atoms with Crippen LogP contribution in [0.2, 0.25) is 0 Å². The Labute approximate surface area is 221 Å². The zero-order valence-corrected chi connectivity index (χ0v) is 21.5. The fourth-order valence-corrected chi connectivity index (χ4v) is 5.23. The van der Waals surface area contributed by atoms with Gasteiger partial charge in [0.05, 0.1) is 43.8 Å². The summed E-state index contributed by atoms with van der Waals surface area (Å²) in [6.07, 6.45) is 0.127. The average molecular weight is 512 g/mol. The number of carboxylic acid groups (broad SMARTS) is 1. The molecule has 38 heavy (non-hydrogen) atoms. The van der Waals surface area contributed by atoms with Gasteiger partial charge in [0.25, 0.3) is 0 Å². The molecule has 4 aromatic rings.